The van der Waals surface area contributed by atoms with E-state index < -0.39 is 5.41 Å². The molecule has 3 rings (SSSR count). The number of aromatic nitrogens is 3. The Morgan fingerprint density at radius 3 is 2.65 bits per heavy atom. The molecule has 20 heavy (non-hydrogen) atoms. The lowest BCUT2D eigenvalue weighted by molar-refractivity contribution is -0.128. The van der Waals surface area contributed by atoms with Gasteiger partial charge in [-0.1, -0.05) is 25.6 Å². The van der Waals surface area contributed by atoms with Gasteiger partial charge in [-0.2, -0.15) is 0 Å². The molecule has 1 amide bonds. The summed E-state index contributed by atoms with van der Waals surface area (Å²) >= 11 is 1.60. The third-order valence-corrected chi connectivity index (χ3v) is 5.26. The molecule has 0 radical (unpaired) electrons. The Balaban J connectivity index is 1.73. The van der Waals surface area contributed by atoms with Crippen molar-refractivity contribution in [2.45, 2.75) is 56.6 Å². The van der Waals surface area contributed by atoms with Gasteiger partial charge in [0.15, 0.2) is 5.16 Å². The van der Waals surface area contributed by atoms with Crippen molar-refractivity contribution in [2.24, 2.45) is 11.3 Å². The number of thioether (sulfide) groups is 1. The van der Waals surface area contributed by atoms with Crippen LogP contribution in [0.4, 0.5) is 0 Å². The molecule has 2 fully saturated rings. The maximum Gasteiger partial charge on any atom is 0.240 e. The van der Waals surface area contributed by atoms with Crippen LogP contribution in [0.2, 0.25) is 0 Å². The molecule has 3 N–H and O–H groups in total. The zero-order valence-corrected chi connectivity index (χ0v) is 12.7. The lowest BCUT2D eigenvalue weighted by Crippen LogP contribution is -2.42. The molecule has 0 aromatic carbocycles. The quantitative estimate of drug-likeness (QED) is 0.360. The molecule has 110 valence electrons. The molecule has 0 unspecified atom stereocenters. The molecule has 0 spiro atoms. The molecule has 7 heteroatoms. The first kappa shape index (κ1) is 13.9. The van der Waals surface area contributed by atoms with Gasteiger partial charge in [0.2, 0.25) is 5.91 Å². The molecule has 0 aliphatic heterocycles. The van der Waals surface area contributed by atoms with E-state index in [-0.39, 0.29) is 5.91 Å². The Morgan fingerprint density at radius 1 is 1.40 bits per heavy atom. The maximum atomic E-state index is 11.7. The van der Waals surface area contributed by atoms with Crippen LogP contribution in [0.1, 0.15) is 57.3 Å². The van der Waals surface area contributed by atoms with Crippen molar-refractivity contribution >= 4 is 17.7 Å². The van der Waals surface area contributed by atoms with Crippen LogP contribution in [0.5, 0.6) is 0 Å². The zero-order chi connectivity index (χ0) is 14.3. The smallest absolute Gasteiger partial charge is 0.240 e. The number of nitrogens with zero attached hydrogens (tertiary/aromatic N) is 3. The standard InChI is InChI=1S/C13H21N5OS/c1-13(2,11(19)15-14)7-20-12-17-16-10(8-3-4-8)18(12)9-5-6-9/h8-9H,3-7,14H2,1-2H3,(H,15,19). The van der Waals surface area contributed by atoms with Crippen LogP contribution in [0.25, 0.3) is 0 Å². The second kappa shape index (κ2) is 5.04. The van der Waals surface area contributed by atoms with Gasteiger partial charge in [0.1, 0.15) is 5.82 Å². The molecule has 0 saturated heterocycles. The second-order valence-electron chi connectivity index (χ2n) is 6.36. The van der Waals surface area contributed by atoms with Crippen LogP contribution in [0.3, 0.4) is 0 Å². The number of rotatable bonds is 6. The monoisotopic (exact) mass is 295 g/mol. The Labute approximate surface area is 122 Å². The number of amides is 1. The first-order valence-corrected chi connectivity index (χ1v) is 8.10. The van der Waals surface area contributed by atoms with Gasteiger partial charge in [0.25, 0.3) is 0 Å². The third kappa shape index (κ3) is 2.69. The summed E-state index contributed by atoms with van der Waals surface area (Å²) in [6.07, 6.45) is 4.91. The number of carbonyl (C=O) groups excluding carboxylic acids is 1. The van der Waals surface area contributed by atoms with Crippen molar-refractivity contribution in [3.63, 3.8) is 0 Å². The lowest BCUT2D eigenvalue weighted by Gasteiger charge is -2.21. The summed E-state index contributed by atoms with van der Waals surface area (Å²) in [5.41, 5.74) is 1.72. The van der Waals surface area contributed by atoms with Crippen LogP contribution in [-0.2, 0) is 4.79 Å². The van der Waals surface area contributed by atoms with Crippen LogP contribution >= 0.6 is 11.8 Å². The van der Waals surface area contributed by atoms with Crippen LogP contribution < -0.4 is 11.3 Å². The molecule has 2 aliphatic rings. The highest BCUT2D eigenvalue weighted by Gasteiger charge is 2.37. The largest absolute Gasteiger partial charge is 0.303 e. The third-order valence-electron chi connectivity index (χ3n) is 3.85. The molecule has 1 aromatic heterocycles. The van der Waals surface area contributed by atoms with Gasteiger partial charge in [-0.15, -0.1) is 10.2 Å². The normalized spacial score (nSPS) is 19.1. The minimum Gasteiger partial charge on any atom is -0.303 e. The summed E-state index contributed by atoms with van der Waals surface area (Å²) in [5, 5.41) is 9.66. The van der Waals surface area contributed by atoms with E-state index >= 15 is 0 Å². The summed E-state index contributed by atoms with van der Waals surface area (Å²) in [4.78, 5) is 11.7. The highest BCUT2D eigenvalue weighted by molar-refractivity contribution is 7.99. The van der Waals surface area contributed by atoms with E-state index in [0.29, 0.717) is 17.7 Å². The topological polar surface area (TPSA) is 85.8 Å². The molecule has 0 bridgehead atoms. The van der Waals surface area contributed by atoms with Crippen LogP contribution in [-0.4, -0.2) is 26.4 Å². The molecule has 1 heterocycles. The minimum atomic E-state index is -0.514. The average molecular weight is 295 g/mol. The van der Waals surface area contributed by atoms with E-state index in [0.717, 1.165) is 11.0 Å². The fraction of sp³-hybridized carbons (Fsp3) is 0.769. The molecule has 2 saturated carbocycles. The van der Waals surface area contributed by atoms with E-state index in [1.807, 2.05) is 13.8 Å². The fourth-order valence-electron chi connectivity index (χ4n) is 2.19. The predicted molar refractivity (Wildman–Crippen MR) is 77.1 cm³/mol. The predicted octanol–water partition coefficient (Wildman–Crippen LogP) is 1.60. The van der Waals surface area contributed by atoms with Gasteiger partial charge in [0.05, 0.1) is 5.41 Å². The van der Waals surface area contributed by atoms with E-state index in [2.05, 4.69) is 20.2 Å². The van der Waals surface area contributed by atoms with Crippen LogP contribution in [0.15, 0.2) is 5.16 Å². The Bertz CT molecular complexity index is 519. The van der Waals surface area contributed by atoms with Gasteiger partial charge in [-0.05, 0) is 25.7 Å². The number of nitrogens with two attached hydrogens (primary N) is 1. The number of hydrogen-bond acceptors (Lipinski definition) is 5. The Hall–Kier alpha value is -1.08. The summed E-state index contributed by atoms with van der Waals surface area (Å²) in [6, 6.07) is 0.578. The second-order valence-corrected chi connectivity index (χ2v) is 7.30. The lowest BCUT2D eigenvalue weighted by atomic mass is 9.96. The van der Waals surface area contributed by atoms with Gasteiger partial charge >= 0.3 is 0 Å². The Kier molecular flexibility index (Phi) is 3.50. The maximum absolute atomic E-state index is 11.7. The molecule has 0 atom stereocenters. The van der Waals surface area contributed by atoms with Crippen molar-refractivity contribution < 1.29 is 4.79 Å². The van der Waals surface area contributed by atoms with Gasteiger partial charge < -0.3 is 4.57 Å². The molecule has 6 nitrogen and oxygen atoms in total. The molecular weight excluding hydrogens is 274 g/mol. The van der Waals surface area contributed by atoms with Gasteiger partial charge in [-0.3, -0.25) is 10.2 Å². The zero-order valence-electron chi connectivity index (χ0n) is 11.9. The fourth-order valence-corrected chi connectivity index (χ4v) is 3.29. The SMILES string of the molecule is CC(C)(CSc1nnc(C2CC2)n1C1CC1)C(=O)NN. The van der Waals surface area contributed by atoms with E-state index in [1.54, 1.807) is 11.8 Å². The summed E-state index contributed by atoms with van der Waals surface area (Å²) in [6.45, 7) is 3.78. The minimum absolute atomic E-state index is 0.148. The molecular formula is C13H21N5OS. The Morgan fingerprint density at radius 2 is 2.10 bits per heavy atom. The molecule has 1 aromatic rings. The highest BCUT2D eigenvalue weighted by atomic mass is 32.2. The summed E-state index contributed by atoms with van der Waals surface area (Å²) in [5.74, 6) is 7.48. The summed E-state index contributed by atoms with van der Waals surface area (Å²) < 4.78 is 2.30. The van der Waals surface area contributed by atoms with Crippen molar-refractivity contribution in [1.82, 2.24) is 20.2 Å². The van der Waals surface area contributed by atoms with Gasteiger partial charge in [-0.25, -0.2) is 5.84 Å². The van der Waals surface area contributed by atoms with Crippen molar-refractivity contribution in [3.8, 4) is 0 Å². The summed E-state index contributed by atoms with van der Waals surface area (Å²) in [7, 11) is 0. The average Bonchev–Trinajstić information content (AvgIpc) is 3.34. The van der Waals surface area contributed by atoms with Crippen molar-refractivity contribution in [3.05, 3.63) is 5.82 Å². The van der Waals surface area contributed by atoms with E-state index in [9.17, 15) is 4.79 Å². The highest BCUT2D eigenvalue weighted by Crippen LogP contribution is 2.46. The molecule has 2 aliphatic carbocycles. The van der Waals surface area contributed by atoms with Crippen LogP contribution in [0, 0.1) is 5.41 Å². The van der Waals surface area contributed by atoms with Gasteiger partial charge in [0, 0.05) is 17.7 Å². The van der Waals surface area contributed by atoms with Crippen molar-refractivity contribution in [1.29, 1.82) is 0 Å². The first-order valence-electron chi connectivity index (χ1n) is 7.11. The van der Waals surface area contributed by atoms with Crippen molar-refractivity contribution in [2.75, 3.05) is 5.75 Å². The first-order chi connectivity index (χ1) is 9.53. The number of hydrogen-bond donors (Lipinski definition) is 2. The number of nitrogens with one attached hydrogen (secondary N) is 1. The number of carbonyl (C=O) groups is 1. The van der Waals surface area contributed by atoms with E-state index in [1.165, 1.54) is 25.7 Å². The number of hydrazine groups is 1. The van der Waals surface area contributed by atoms with E-state index in [4.69, 9.17) is 5.84 Å².